The molecule has 0 bridgehead atoms. The largest absolute Gasteiger partial charge is 0.451 e. The third kappa shape index (κ3) is 3.92. The van der Waals surface area contributed by atoms with Crippen LogP contribution >= 0.6 is 0 Å². The maximum absolute atomic E-state index is 12.6. The van der Waals surface area contributed by atoms with E-state index in [4.69, 9.17) is 9.47 Å². The number of morpholine rings is 1. The number of fused-ring (bicyclic) bond motifs is 1. The van der Waals surface area contributed by atoms with Crippen molar-refractivity contribution in [3.05, 3.63) is 0 Å². The van der Waals surface area contributed by atoms with E-state index in [1.807, 2.05) is 13.8 Å². The van der Waals surface area contributed by atoms with Crippen LogP contribution in [0.2, 0.25) is 0 Å². The number of carbonyl (C=O) groups is 4. The summed E-state index contributed by atoms with van der Waals surface area (Å²) in [5.74, 6) is -2.22. The van der Waals surface area contributed by atoms with Crippen molar-refractivity contribution in [3.8, 4) is 0 Å². The van der Waals surface area contributed by atoms with Crippen LogP contribution in [0, 0.1) is 11.8 Å². The SMILES string of the molecule is CC1CN(C(=O)C(C)OC(=O)C(C)N2C(=O)C3CCCCC3C2=O)CC(C)O1. The average molecular weight is 394 g/mol. The van der Waals surface area contributed by atoms with Crippen molar-refractivity contribution in [3.63, 3.8) is 0 Å². The topological polar surface area (TPSA) is 93.2 Å². The molecule has 3 fully saturated rings. The molecule has 3 rings (SSSR count). The highest BCUT2D eigenvalue weighted by Gasteiger charge is 2.51. The summed E-state index contributed by atoms with van der Waals surface area (Å²) < 4.78 is 11.0. The van der Waals surface area contributed by atoms with Crippen LogP contribution < -0.4 is 0 Å². The van der Waals surface area contributed by atoms with Gasteiger partial charge in [0.25, 0.3) is 5.91 Å². The second kappa shape index (κ2) is 8.19. The van der Waals surface area contributed by atoms with Crippen molar-refractivity contribution < 1.29 is 28.7 Å². The van der Waals surface area contributed by atoms with Crippen molar-refractivity contribution >= 4 is 23.7 Å². The number of nitrogens with zero attached hydrogens (tertiary/aromatic N) is 2. The number of carbonyl (C=O) groups excluding carboxylic acids is 4. The lowest BCUT2D eigenvalue weighted by atomic mass is 9.81. The van der Waals surface area contributed by atoms with Crippen LogP contribution in [-0.4, -0.2) is 70.9 Å². The van der Waals surface area contributed by atoms with E-state index >= 15 is 0 Å². The zero-order chi connectivity index (χ0) is 20.6. The molecule has 0 aromatic carbocycles. The second-order valence-electron chi connectivity index (χ2n) is 8.30. The van der Waals surface area contributed by atoms with Crippen LogP contribution in [0.1, 0.15) is 53.4 Å². The number of rotatable bonds is 4. The monoisotopic (exact) mass is 394 g/mol. The summed E-state index contributed by atoms with van der Waals surface area (Å²) in [6.07, 6.45) is 2.08. The Kier molecular flexibility index (Phi) is 6.07. The van der Waals surface area contributed by atoms with Crippen LogP contribution in [0.3, 0.4) is 0 Å². The molecule has 6 unspecified atom stereocenters. The Balaban J connectivity index is 1.61. The minimum absolute atomic E-state index is 0.0855. The molecule has 2 aliphatic heterocycles. The van der Waals surface area contributed by atoms with Gasteiger partial charge in [0.2, 0.25) is 11.8 Å². The van der Waals surface area contributed by atoms with Gasteiger partial charge in [0.05, 0.1) is 24.0 Å². The highest BCUT2D eigenvalue weighted by Crippen LogP contribution is 2.39. The number of hydrogen-bond acceptors (Lipinski definition) is 6. The second-order valence-corrected chi connectivity index (χ2v) is 8.30. The number of likely N-dealkylation sites (tertiary alicyclic amines) is 1. The van der Waals surface area contributed by atoms with E-state index in [1.165, 1.54) is 13.8 Å². The smallest absolute Gasteiger partial charge is 0.329 e. The van der Waals surface area contributed by atoms with E-state index in [9.17, 15) is 19.2 Å². The van der Waals surface area contributed by atoms with E-state index in [1.54, 1.807) is 4.90 Å². The Labute approximate surface area is 165 Å². The molecular weight excluding hydrogens is 364 g/mol. The van der Waals surface area contributed by atoms with Crippen molar-refractivity contribution in [2.75, 3.05) is 13.1 Å². The van der Waals surface area contributed by atoms with Gasteiger partial charge >= 0.3 is 5.97 Å². The van der Waals surface area contributed by atoms with E-state index < -0.39 is 18.1 Å². The predicted molar refractivity (Wildman–Crippen MR) is 98.9 cm³/mol. The standard InChI is InChI=1S/C20H30N2O6/c1-11-9-21(10-12(2)27-11)17(23)14(4)28-20(26)13(3)22-18(24)15-7-5-6-8-16(15)19(22)25/h11-16H,5-10H2,1-4H3. The van der Waals surface area contributed by atoms with E-state index in [2.05, 4.69) is 0 Å². The Bertz CT molecular complexity index is 631. The first kappa shape index (κ1) is 20.8. The van der Waals surface area contributed by atoms with Crippen LogP contribution in [0.25, 0.3) is 0 Å². The van der Waals surface area contributed by atoms with Gasteiger partial charge in [0, 0.05) is 13.1 Å². The molecular formula is C20H30N2O6. The molecule has 3 aliphatic rings. The van der Waals surface area contributed by atoms with Crippen molar-refractivity contribution in [1.29, 1.82) is 0 Å². The Morgan fingerprint density at radius 2 is 1.50 bits per heavy atom. The van der Waals surface area contributed by atoms with Gasteiger partial charge in [0.15, 0.2) is 6.10 Å². The summed E-state index contributed by atoms with van der Waals surface area (Å²) in [7, 11) is 0. The summed E-state index contributed by atoms with van der Waals surface area (Å²) in [4.78, 5) is 53.2. The Hall–Kier alpha value is -1.96. The number of hydrogen-bond donors (Lipinski definition) is 0. The van der Waals surface area contributed by atoms with Gasteiger partial charge in [-0.1, -0.05) is 12.8 Å². The third-order valence-electron chi connectivity index (χ3n) is 5.98. The highest BCUT2D eigenvalue weighted by molar-refractivity contribution is 6.07. The van der Waals surface area contributed by atoms with E-state index in [-0.39, 0.29) is 41.8 Å². The molecule has 3 amide bonds. The number of esters is 1. The molecule has 1 aliphatic carbocycles. The fraction of sp³-hybridized carbons (Fsp3) is 0.800. The zero-order valence-corrected chi connectivity index (χ0v) is 17.1. The molecule has 0 radical (unpaired) electrons. The Morgan fingerprint density at radius 3 is 2.00 bits per heavy atom. The minimum Gasteiger partial charge on any atom is -0.451 e. The zero-order valence-electron chi connectivity index (χ0n) is 17.1. The van der Waals surface area contributed by atoms with Crippen LogP contribution in [-0.2, 0) is 28.7 Å². The first-order chi connectivity index (χ1) is 13.2. The van der Waals surface area contributed by atoms with Crippen molar-refractivity contribution in [1.82, 2.24) is 9.80 Å². The fourth-order valence-corrected chi connectivity index (χ4v) is 4.61. The van der Waals surface area contributed by atoms with Gasteiger partial charge in [-0.05, 0) is 40.5 Å². The van der Waals surface area contributed by atoms with Gasteiger partial charge in [-0.3, -0.25) is 19.3 Å². The van der Waals surface area contributed by atoms with Crippen molar-refractivity contribution in [2.45, 2.75) is 77.7 Å². The summed E-state index contributed by atoms with van der Waals surface area (Å²) in [6, 6.07) is -1.02. The molecule has 8 heteroatoms. The third-order valence-corrected chi connectivity index (χ3v) is 5.98. The van der Waals surface area contributed by atoms with Gasteiger partial charge in [-0.15, -0.1) is 0 Å². The van der Waals surface area contributed by atoms with Gasteiger partial charge < -0.3 is 14.4 Å². The molecule has 0 aromatic heterocycles. The maximum atomic E-state index is 12.6. The van der Waals surface area contributed by atoms with Crippen LogP contribution in [0.15, 0.2) is 0 Å². The molecule has 0 N–H and O–H groups in total. The highest BCUT2D eigenvalue weighted by atomic mass is 16.6. The lowest BCUT2D eigenvalue weighted by Crippen LogP contribution is -2.52. The average Bonchev–Trinajstić information content (AvgIpc) is 2.90. The van der Waals surface area contributed by atoms with E-state index in [0.717, 1.165) is 17.7 Å². The fourth-order valence-electron chi connectivity index (χ4n) is 4.61. The molecule has 8 nitrogen and oxygen atoms in total. The summed E-state index contributed by atoms with van der Waals surface area (Å²) in [6.45, 7) is 7.66. The number of ether oxygens (including phenoxy) is 2. The number of amides is 3. The summed E-state index contributed by atoms with van der Waals surface area (Å²) in [5, 5.41) is 0. The van der Waals surface area contributed by atoms with Crippen LogP contribution in [0.4, 0.5) is 0 Å². The molecule has 2 saturated heterocycles. The quantitative estimate of drug-likeness (QED) is 0.524. The van der Waals surface area contributed by atoms with Gasteiger partial charge in [-0.25, -0.2) is 4.79 Å². The lowest BCUT2D eigenvalue weighted by Gasteiger charge is -2.36. The van der Waals surface area contributed by atoms with Crippen LogP contribution in [0.5, 0.6) is 0 Å². The summed E-state index contributed by atoms with van der Waals surface area (Å²) >= 11 is 0. The predicted octanol–water partition coefficient (Wildman–Crippen LogP) is 1.12. The first-order valence-electron chi connectivity index (χ1n) is 10.2. The maximum Gasteiger partial charge on any atom is 0.329 e. The molecule has 1 saturated carbocycles. The minimum atomic E-state index is -1.02. The molecule has 2 heterocycles. The molecule has 156 valence electrons. The molecule has 0 aromatic rings. The number of imide groups is 1. The Morgan fingerprint density at radius 1 is 1.00 bits per heavy atom. The lowest BCUT2D eigenvalue weighted by molar-refractivity contribution is -0.169. The molecule has 0 spiro atoms. The molecule has 6 atom stereocenters. The first-order valence-corrected chi connectivity index (χ1v) is 10.2. The summed E-state index contributed by atoms with van der Waals surface area (Å²) in [5.41, 5.74) is 0. The normalized spacial score (nSPS) is 32.7. The van der Waals surface area contributed by atoms with Gasteiger partial charge in [-0.2, -0.15) is 0 Å². The van der Waals surface area contributed by atoms with Crippen molar-refractivity contribution in [2.24, 2.45) is 11.8 Å². The van der Waals surface area contributed by atoms with Gasteiger partial charge in [0.1, 0.15) is 6.04 Å². The molecule has 28 heavy (non-hydrogen) atoms. The van der Waals surface area contributed by atoms with E-state index in [0.29, 0.717) is 25.9 Å².